The molecule has 31 heavy (non-hydrogen) atoms. The maximum atomic E-state index is 12.1. The number of nitrogens with one attached hydrogen (secondary N) is 2. The number of fused-ring (bicyclic) bond motifs is 1. The molecular formula is C22H19N5O3S. The van der Waals surface area contributed by atoms with Gasteiger partial charge in [-0.05, 0) is 73.0 Å². The number of aryl methyl sites for hydroxylation is 1. The first-order valence-electron chi connectivity index (χ1n) is 9.39. The van der Waals surface area contributed by atoms with Crippen LogP contribution in [-0.4, -0.2) is 34.0 Å². The number of amides is 3. The molecule has 0 aliphatic carbocycles. The van der Waals surface area contributed by atoms with E-state index in [0.717, 1.165) is 39.4 Å². The summed E-state index contributed by atoms with van der Waals surface area (Å²) >= 11 is 1.11. The van der Waals surface area contributed by atoms with Crippen molar-refractivity contribution in [3.8, 4) is 11.4 Å². The van der Waals surface area contributed by atoms with Gasteiger partial charge in [0.25, 0.3) is 5.91 Å². The Kier molecular flexibility index (Phi) is 5.85. The lowest BCUT2D eigenvalue weighted by atomic mass is 10.2. The third-order valence-corrected chi connectivity index (χ3v) is 5.44. The number of hydrogen-bond acceptors (Lipinski definition) is 6. The quantitative estimate of drug-likeness (QED) is 0.464. The molecule has 1 heterocycles. The highest BCUT2D eigenvalue weighted by molar-refractivity contribution is 7.98. The Labute approximate surface area is 182 Å². The Morgan fingerprint density at radius 3 is 2.32 bits per heavy atom. The van der Waals surface area contributed by atoms with Crippen LogP contribution in [0.5, 0.6) is 5.75 Å². The van der Waals surface area contributed by atoms with E-state index < -0.39 is 11.9 Å². The van der Waals surface area contributed by atoms with Crippen LogP contribution in [-0.2, 0) is 0 Å². The molecule has 2 N–H and O–H groups in total. The molecule has 0 saturated heterocycles. The molecule has 0 aliphatic rings. The Balaban J connectivity index is 1.46. The van der Waals surface area contributed by atoms with E-state index in [1.165, 1.54) is 0 Å². The fraction of sp³-hybridized carbons (Fsp3) is 0.0909. The number of rotatable bonds is 5. The fourth-order valence-corrected chi connectivity index (χ4v) is 3.53. The van der Waals surface area contributed by atoms with E-state index in [9.17, 15) is 9.59 Å². The SMILES string of the molecule is COc1ccc(-n2nc3cc(C)c(SNC(=O)NC(=O)c4ccccc4)cc3n2)cc1. The minimum absolute atomic E-state index is 0.412. The van der Waals surface area contributed by atoms with E-state index in [2.05, 4.69) is 20.2 Å². The van der Waals surface area contributed by atoms with Crippen LogP contribution in [0.2, 0.25) is 0 Å². The second-order valence-corrected chi connectivity index (χ2v) is 7.50. The Hall–Kier alpha value is -3.85. The van der Waals surface area contributed by atoms with Gasteiger partial charge in [-0.2, -0.15) is 4.80 Å². The normalized spacial score (nSPS) is 10.6. The molecule has 3 amide bonds. The molecule has 9 heteroatoms. The third kappa shape index (κ3) is 4.67. The highest BCUT2D eigenvalue weighted by atomic mass is 32.2. The van der Waals surface area contributed by atoms with Crippen molar-refractivity contribution in [2.45, 2.75) is 11.8 Å². The van der Waals surface area contributed by atoms with Gasteiger partial charge >= 0.3 is 6.03 Å². The summed E-state index contributed by atoms with van der Waals surface area (Å²) in [5.74, 6) is 0.290. The van der Waals surface area contributed by atoms with E-state index in [1.807, 2.05) is 43.3 Å². The molecular weight excluding hydrogens is 414 g/mol. The van der Waals surface area contributed by atoms with E-state index in [0.29, 0.717) is 11.1 Å². The summed E-state index contributed by atoms with van der Waals surface area (Å²) in [6.07, 6.45) is 0. The standard InChI is InChI=1S/C22H19N5O3S/c1-14-12-18-19(25-27(24-18)16-8-10-17(30-2)11-9-16)13-20(14)31-26-22(29)23-21(28)15-6-4-3-5-7-15/h3-13H,1-2H3,(H2,23,26,28,29). The van der Waals surface area contributed by atoms with Crippen molar-refractivity contribution >= 4 is 34.9 Å². The number of carbonyl (C=O) groups is 2. The van der Waals surface area contributed by atoms with Crippen LogP contribution < -0.4 is 14.8 Å². The number of methoxy groups -OCH3 is 1. The van der Waals surface area contributed by atoms with Crippen molar-refractivity contribution in [3.05, 3.63) is 77.9 Å². The van der Waals surface area contributed by atoms with Gasteiger partial charge in [-0.15, -0.1) is 10.2 Å². The number of aromatic nitrogens is 3. The smallest absolute Gasteiger partial charge is 0.331 e. The first-order valence-corrected chi connectivity index (χ1v) is 10.2. The zero-order valence-corrected chi connectivity index (χ0v) is 17.6. The molecule has 0 unspecified atom stereocenters. The van der Waals surface area contributed by atoms with Crippen molar-refractivity contribution in [2.24, 2.45) is 0 Å². The highest BCUT2D eigenvalue weighted by Crippen LogP contribution is 2.25. The number of ether oxygens (including phenoxy) is 1. The summed E-state index contributed by atoms with van der Waals surface area (Å²) in [5, 5.41) is 11.3. The van der Waals surface area contributed by atoms with E-state index in [1.54, 1.807) is 42.2 Å². The molecule has 0 radical (unpaired) electrons. The Bertz CT molecular complexity index is 1240. The number of imide groups is 1. The van der Waals surface area contributed by atoms with Gasteiger partial charge in [0, 0.05) is 10.5 Å². The van der Waals surface area contributed by atoms with Gasteiger partial charge in [-0.1, -0.05) is 18.2 Å². The predicted octanol–water partition coefficient (Wildman–Crippen LogP) is 3.88. The van der Waals surface area contributed by atoms with Gasteiger partial charge in [0.1, 0.15) is 16.8 Å². The van der Waals surface area contributed by atoms with Gasteiger partial charge < -0.3 is 4.74 Å². The van der Waals surface area contributed by atoms with E-state index in [-0.39, 0.29) is 0 Å². The predicted molar refractivity (Wildman–Crippen MR) is 118 cm³/mol. The summed E-state index contributed by atoms with van der Waals surface area (Å²) in [6, 6.07) is 19.1. The number of carbonyl (C=O) groups excluding carboxylic acids is 2. The highest BCUT2D eigenvalue weighted by Gasteiger charge is 2.13. The van der Waals surface area contributed by atoms with Crippen LogP contribution in [0.1, 0.15) is 15.9 Å². The maximum absolute atomic E-state index is 12.1. The monoisotopic (exact) mass is 433 g/mol. The van der Waals surface area contributed by atoms with Crippen molar-refractivity contribution in [1.29, 1.82) is 0 Å². The molecule has 8 nitrogen and oxygen atoms in total. The first-order chi connectivity index (χ1) is 15.0. The van der Waals surface area contributed by atoms with Crippen LogP contribution in [0.25, 0.3) is 16.7 Å². The minimum atomic E-state index is -0.597. The van der Waals surface area contributed by atoms with Crippen LogP contribution in [0.4, 0.5) is 4.79 Å². The third-order valence-electron chi connectivity index (χ3n) is 4.50. The van der Waals surface area contributed by atoms with Crippen molar-refractivity contribution < 1.29 is 14.3 Å². The summed E-state index contributed by atoms with van der Waals surface area (Å²) in [5.41, 5.74) is 3.57. The van der Waals surface area contributed by atoms with Crippen molar-refractivity contribution in [1.82, 2.24) is 25.0 Å². The van der Waals surface area contributed by atoms with Crippen molar-refractivity contribution in [3.63, 3.8) is 0 Å². The number of urea groups is 1. The van der Waals surface area contributed by atoms with Crippen LogP contribution in [0, 0.1) is 6.92 Å². The van der Waals surface area contributed by atoms with Gasteiger partial charge in [-0.3, -0.25) is 14.8 Å². The summed E-state index contributed by atoms with van der Waals surface area (Å²) in [6.45, 7) is 1.92. The zero-order valence-electron chi connectivity index (χ0n) is 16.8. The molecule has 4 rings (SSSR count). The average molecular weight is 433 g/mol. The molecule has 3 aromatic carbocycles. The molecule has 156 valence electrons. The second-order valence-electron chi connectivity index (χ2n) is 6.65. The molecule has 0 spiro atoms. The molecule has 0 aliphatic heterocycles. The number of hydrogen-bond donors (Lipinski definition) is 2. The minimum Gasteiger partial charge on any atom is -0.497 e. The van der Waals surface area contributed by atoms with Gasteiger partial charge in [0.15, 0.2) is 0 Å². The van der Waals surface area contributed by atoms with Crippen LogP contribution in [0.15, 0.2) is 71.6 Å². The molecule has 4 aromatic rings. The van der Waals surface area contributed by atoms with Crippen LogP contribution >= 0.6 is 11.9 Å². The summed E-state index contributed by atoms with van der Waals surface area (Å²) < 4.78 is 7.81. The maximum Gasteiger partial charge on any atom is 0.331 e. The summed E-state index contributed by atoms with van der Waals surface area (Å²) in [4.78, 5) is 26.5. The second kappa shape index (κ2) is 8.88. The molecule has 0 saturated carbocycles. The Morgan fingerprint density at radius 2 is 1.65 bits per heavy atom. The molecule has 0 fully saturated rings. The average Bonchev–Trinajstić information content (AvgIpc) is 3.20. The van der Waals surface area contributed by atoms with Crippen LogP contribution in [0.3, 0.4) is 0 Å². The molecule has 0 bridgehead atoms. The zero-order chi connectivity index (χ0) is 21.8. The topological polar surface area (TPSA) is 98.1 Å². The lowest BCUT2D eigenvalue weighted by Crippen LogP contribution is -2.36. The first kappa shape index (κ1) is 20.4. The lowest BCUT2D eigenvalue weighted by Gasteiger charge is -2.07. The van der Waals surface area contributed by atoms with Gasteiger partial charge in [-0.25, -0.2) is 4.79 Å². The number of benzene rings is 3. The lowest BCUT2D eigenvalue weighted by molar-refractivity contribution is 0.0965. The van der Waals surface area contributed by atoms with Crippen molar-refractivity contribution in [2.75, 3.05) is 7.11 Å². The summed E-state index contributed by atoms with van der Waals surface area (Å²) in [7, 11) is 1.61. The van der Waals surface area contributed by atoms with Gasteiger partial charge in [0.05, 0.1) is 12.8 Å². The van der Waals surface area contributed by atoms with Gasteiger partial charge in [0.2, 0.25) is 0 Å². The molecule has 0 atom stereocenters. The van der Waals surface area contributed by atoms with E-state index >= 15 is 0 Å². The molecule has 1 aromatic heterocycles. The fourth-order valence-electron chi connectivity index (χ4n) is 2.88. The van der Waals surface area contributed by atoms with E-state index in [4.69, 9.17) is 4.74 Å². The Morgan fingerprint density at radius 1 is 0.968 bits per heavy atom. The largest absolute Gasteiger partial charge is 0.497 e. The number of nitrogens with zero attached hydrogens (tertiary/aromatic N) is 3.